The molecule has 27 heavy (non-hydrogen) atoms. The van der Waals surface area contributed by atoms with Crippen molar-refractivity contribution in [1.29, 1.82) is 0 Å². The highest BCUT2D eigenvalue weighted by Gasteiger charge is 2.14. The van der Waals surface area contributed by atoms with Crippen molar-refractivity contribution < 1.29 is 10.2 Å². The lowest BCUT2D eigenvalue weighted by molar-refractivity contribution is 0.153. The normalized spacial score (nSPS) is 16.2. The largest absolute Gasteiger partial charge is 0.508 e. The molecule has 1 saturated heterocycles. The van der Waals surface area contributed by atoms with Crippen LogP contribution >= 0.6 is 0 Å². The Bertz CT molecular complexity index is 799. The van der Waals surface area contributed by atoms with Crippen LogP contribution in [0.15, 0.2) is 46.6 Å². The number of aromatic hydroxyl groups is 2. The lowest BCUT2D eigenvalue weighted by atomic mass is 10.1. The van der Waals surface area contributed by atoms with E-state index < -0.39 is 0 Å². The van der Waals surface area contributed by atoms with Gasteiger partial charge in [-0.1, -0.05) is 12.1 Å². The third-order valence-electron chi connectivity index (χ3n) is 4.97. The number of hydrogen-bond donors (Lipinski definition) is 2. The van der Waals surface area contributed by atoms with Gasteiger partial charge in [-0.15, -0.1) is 5.11 Å². The van der Waals surface area contributed by atoms with E-state index >= 15 is 0 Å². The van der Waals surface area contributed by atoms with Gasteiger partial charge in [0.25, 0.3) is 0 Å². The Balaban J connectivity index is 1.63. The van der Waals surface area contributed by atoms with E-state index in [9.17, 15) is 10.2 Å². The molecule has 0 bridgehead atoms. The predicted molar refractivity (Wildman–Crippen MR) is 107 cm³/mol. The van der Waals surface area contributed by atoms with Gasteiger partial charge in [0, 0.05) is 32.2 Å². The van der Waals surface area contributed by atoms with Crippen molar-refractivity contribution in [3.8, 4) is 11.5 Å². The second-order valence-electron chi connectivity index (χ2n) is 7.26. The van der Waals surface area contributed by atoms with E-state index in [0.29, 0.717) is 5.69 Å². The van der Waals surface area contributed by atoms with Crippen molar-refractivity contribution in [1.82, 2.24) is 9.80 Å². The lowest BCUT2D eigenvalue weighted by Crippen LogP contribution is -2.44. The SMILES string of the molecule is Cc1cccc(N=Nc2cc(CCCN3CCN(C)CC3)c(O)cc2O)c1. The van der Waals surface area contributed by atoms with Crippen LogP contribution < -0.4 is 0 Å². The standard InChI is InChI=1S/C21H28N4O2/c1-16-5-3-7-18(13-16)22-23-19-14-17(20(26)15-21(19)27)6-4-8-25-11-9-24(2)10-12-25/h3,5,7,13-15,26-27H,4,6,8-12H2,1-2H3. The monoisotopic (exact) mass is 368 g/mol. The summed E-state index contributed by atoms with van der Waals surface area (Å²) >= 11 is 0. The van der Waals surface area contributed by atoms with Gasteiger partial charge in [-0.05, 0) is 62.7 Å². The van der Waals surface area contributed by atoms with E-state index in [1.54, 1.807) is 6.07 Å². The van der Waals surface area contributed by atoms with Gasteiger partial charge in [0.1, 0.15) is 17.2 Å². The minimum atomic E-state index is -0.0632. The zero-order chi connectivity index (χ0) is 19.2. The number of aryl methyl sites for hydroxylation is 2. The molecular formula is C21H28N4O2. The summed E-state index contributed by atoms with van der Waals surface area (Å²) in [5, 5.41) is 28.6. The van der Waals surface area contributed by atoms with Crippen molar-refractivity contribution in [2.24, 2.45) is 10.2 Å². The zero-order valence-corrected chi connectivity index (χ0v) is 16.1. The molecule has 2 aromatic rings. The van der Waals surface area contributed by atoms with E-state index in [0.717, 1.165) is 62.4 Å². The Labute approximate surface area is 160 Å². The van der Waals surface area contributed by atoms with E-state index in [1.165, 1.54) is 6.07 Å². The molecule has 0 unspecified atom stereocenters. The third kappa shape index (κ3) is 5.52. The van der Waals surface area contributed by atoms with Crippen molar-refractivity contribution >= 4 is 11.4 Å². The first-order valence-electron chi connectivity index (χ1n) is 9.45. The summed E-state index contributed by atoms with van der Waals surface area (Å²) in [5.41, 5.74) is 3.01. The van der Waals surface area contributed by atoms with Crippen LogP contribution in [0.4, 0.5) is 11.4 Å². The first-order valence-corrected chi connectivity index (χ1v) is 9.45. The van der Waals surface area contributed by atoms with Crippen molar-refractivity contribution in [2.75, 3.05) is 39.8 Å². The number of phenols is 2. The number of likely N-dealkylation sites (N-methyl/N-ethyl adjacent to an activating group) is 1. The summed E-state index contributed by atoms with van der Waals surface area (Å²) in [7, 11) is 2.15. The molecule has 0 radical (unpaired) electrons. The number of azo groups is 1. The maximum absolute atomic E-state index is 10.2. The van der Waals surface area contributed by atoms with Gasteiger partial charge in [-0.25, -0.2) is 0 Å². The highest BCUT2D eigenvalue weighted by Crippen LogP contribution is 2.35. The molecule has 0 atom stereocenters. The molecule has 0 aromatic heterocycles. The van der Waals surface area contributed by atoms with Crippen LogP contribution in [0, 0.1) is 6.92 Å². The third-order valence-corrected chi connectivity index (χ3v) is 4.97. The molecule has 0 saturated carbocycles. The first-order chi connectivity index (χ1) is 13.0. The summed E-state index contributed by atoms with van der Waals surface area (Å²) in [6.07, 6.45) is 1.70. The average Bonchev–Trinajstić information content (AvgIpc) is 2.64. The maximum atomic E-state index is 10.2. The molecule has 6 nitrogen and oxygen atoms in total. The number of nitrogens with zero attached hydrogens (tertiary/aromatic N) is 4. The Hall–Kier alpha value is -2.44. The van der Waals surface area contributed by atoms with Gasteiger partial charge in [0.05, 0.1) is 5.69 Å². The van der Waals surface area contributed by atoms with Crippen LogP contribution in [0.1, 0.15) is 17.5 Å². The maximum Gasteiger partial charge on any atom is 0.146 e. The Morgan fingerprint density at radius 1 is 0.963 bits per heavy atom. The second kappa shape index (κ2) is 8.97. The number of rotatable bonds is 6. The summed E-state index contributed by atoms with van der Waals surface area (Å²) in [4.78, 5) is 4.80. The summed E-state index contributed by atoms with van der Waals surface area (Å²) in [6.45, 7) is 7.40. The molecule has 0 aliphatic carbocycles. The van der Waals surface area contributed by atoms with Gasteiger partial charge in [0.2, 0.25) is 0 Å². The number of phenolic OH excluding ortho intramolecular Hbond substituents is 2. The Morgan fingerprint density at radius 3 is 2.48 bits per heavy atom. The second-order valence-corrected chi connectivity index (χ2v) is 7.26. The van der Waals surface area contributed by atoms with Crippen LogP contribution in [0.3, 0.4) is 0 Å². The number of piperazine rings is 1. The Kier molecular flexibility index (Phi) is 6.42. The van der Waals surface area contributed by atoms with E-state index in [-0.39, 0.29) is 11.5 Å². The minimum Gasteiger partial charge on any atom is -0.508 e. The van der Waals surface area contributed by atoms with Crippen molar-refractivity contribution in [3.05, 3.63) is 47.5 Å². The van der Waals surface area contributed by atoms with Crippen LogP contribution in [0.25, 0.3) is 0 Å². The van der Waals surface area contributed by atoms with Crippen molar-refractivity contribution in [2.45, 2.75) is 19.8 Å². The molecule has 0 amide bonds. The van der Waals surface area contributed by atoms with E-state index in [1.807, 2.05) is 31.2 Å². The molecule has 1 aliphatic rings. The lowest BCUT2D eigenvalue weighted by Gasteiger charge is -2.32. The molecule has 2 aromatic carbocycles. The number of hydrogen-bond acceptors (Lipinski definition) is 6. The minimum absolute atomic E-state index is 0.0632. The smallest absolute Gasteiger partial charge is 0.146 e. The van der Waals surface area contributed by atoms with Gasteiger partial charge < -0.3 is 20.0 Å². The van der Waals surface area contributed by atoms with Gasteiger partial charge in [-0.3, -0.25) is 0 Å². The highest BCUT2D eigenvalue weighted by atomic mass is 16.3. The van der Waals surface area contributed by atoms with E-state index in [4.69, 9.17) is 0 Å². The average molecular weight is 368 g/mol. The summed E-state index contributed by atoms with van der Waals surface area (Å²) in [6, 6.07) is 10.8. The van der Waals surface area contributed by atoms with Crippen LogP contribution in [-0.4, -0.2) is 59.8 Å². The molecule has 2 N–H and O–H groups in total. The molecule has 144 valence electrons. The fraction of sp³-hybridized carbons (Fsp3) is 0.429. The summed E-state index contributed by atoms with van der Waals surface area (Å²) < 4.78 is 0. The fourth-order valence-electron chi connectivity index (χ4n) is 3.26. The van der Waals surface area contributed by atoms with Crippen molar-refractivity contribution in [3.63, 3.8) is 0 Å². The zero-order valence-electron chi connectivity index (χ0n) is 16.1. The molecular weight excluding hydrogens is 340 g/mol. The van der Waals surface area contributed by atoms with Crippen LogP contribution in [0.2, 0.25) is 0 Å². The summed E-state index contributed by atoms with van der Waals surface area (Å²) in [5.74, 6) is 0.0482. The topological polar surface area (TPSA) is 71.7 Å². The Morgan fingerprint density at radius 2 is 1.74 bits per heavy atom. The van der Waals surface area contributed by atoms with E-state index in [2.05, 4.69) is 27.1 Å². The molecule has 1 heterocycles. The molecule has 0 spiro atoms. The number of benzene rings is 2. The molecule has 1 aliphatic heterocycles. The van der Waals surface area contributed by atoms with Gasteiger partial charge in [0.15, 0.2) is 0 Å². The highest BCUT2D eigenvalue weighted by molar-refractivity contribution is 5.57. The van der Waals surface area contributed by atoms with Crippen LogP contribution in [0.5, 0.6) is 11.5 Å². The first kappa shape index (κ1) is 19.3. The molecule has 3 rings (SSSR count). The van der Waals surface area contributed by atoms with Crippen LogP contribution in [-0.2, 0) is 6.42 Å². The quantitative estimate of drug-likeness (QED) is 0.756. The predicted octanol–water partition coefficient (Wildman–Crippen LogP) is 4.00. The van der Waals surface area contributed by atoms with Gasteiger partial charge in [-0.2, -0.15) is 5.11 Å². The fourth-order valence-corrected chi connectivity index (χ4v) is 3.26. The molecule has 1 fully saturated rings. The van der Waals surface area contributed by atoms with Gasteiger partial charge >= 0.3 is 0 Å². The molecule has 6 heteroatoms.